The minimum atomic E-state index is -0.873. The van der Waals surface area contributed by atoms with E-state index in [9.17, 15) is 14.7 Å². The lowest BCUT2D eigenvalue weighted by molar-refractivity contribution is -0.139. The lowest BCUT2D eigenvalue weighted by atomic mass is 9.87. The van der Waals surface area contributed by atoms with Gasteiger partial charge in [0.05, 0.1) is 12.5 Å². The Morgan fingerprint density at radius 3 is 2.73 bits per heavy atom. The van der Waals surface area contributed by atoms with Crippen molar-refractivity contribution in [1.29, 1.82) is 0 Å². The lowest BCUT2D eigenvalue weighted by Crippen LogP contribution is -2.23. The fourth-order valence-corrected chi connectivity index (χ4v) is 3.47. The molecule has 0 bridgehead atoms. The fraction of sp³-hybridized carbons (Fsp3) is 0.556. The van der Waals surface area contributed by atoms with E-state index in [1.165, 1.54) is 0 Å². The number of carboxylic acids is 1. The third-order valence-corrected chi connectivity index (χ3v) is 4.62. The molecule has 4 nitrogen and oxygen atoms in total. The number of benzene rings is 1. The predicted molar refractivity (Wildman–Crippen MR) is 83.6 cm³/mol. The monoisotopic (exact) mass is 304 g/mol. The maximum absolute atomic E-state index is 12.1. The molecule has 0 spiro atoms. The quantitative estimate of drug-likeness (QED) is 0.812. The second-order valence-electron chi connectivity index (χ2n) is 6.41. The van der Waals surface area contributed by atoms with Crippen LogP contribution in [-0.4, -0.2) is 28.1 Å². The number of aliphatic carboxylic acids is 1. The molecule has 3 atom stereocenters. The summed E-state index contributed by atoms with van der Waals surface area (Å²) in [5, 5.41) is 18.8. The highest BCUT2D eigenvalue weighted by molar-refractivity contribution is 5.80. The SMILES string of the molecule is Cc1cccc(CC(=O)CC[C@@H]2CC[C@@H](O)[C@H]2CC(=O)O)c1. The summed E-state index contributed by atoms with van der Waals surface area (Å²) in [6, 6.07) is 7.93. The number of ketones is 1. The second kappa shape index (κ2) is 7.54. The van der Waals surface area contributed by atoms with Crippen molar-refractivity contribution >= 4 is 11.8 Å². The summed E-state index contributed by atoms with van der Waals surface area (Å²) in [4.78, 5) is 23.0. The van der Waals surface area contributed by atoms with E-state index in [0.29, 0.717) is 25.7 Å². The smallest absolute Gasteiger partial charge is 0.303 e. The zero-order valence-corrected chi connectivity index (χ0v) is 13.0. The molecule has 1 aliphatic carbocycles. The maximum Gasteiger partial charge on any atom is 0.303 e. The van der Waals surface area contributed by atoms with Gasteiger partial charge >= 0.3 is 5.97 Å². The summed E-state index contributed by atoms with van der Waals surface area (Å²) < 4.78 is 0. The summed E-state index contributed by atoms with van der Waals surface area (Å²) in [7, 11) is 0. The topological polar surface area (TPSA) is 74.6 Å². The summed E-state index contributed by atoms with van der Waals surface area (Å²) in [6.45, 7) is 2.00. The number of hydrogen-bond acceptors (Lipinski definition) is 3. The van der Waals surface area contributed by atoms with Crippen LogP contribution in [0.1, 0.15) is 43.2 Å². The zero-order chi connectivity index (χ0) is 16.1. The highest BCUT2D eigenvalue weighted by atomic mass is 16.4. The van der Waals surface area contributed by atoms with Gasteiger partial charge in [-0.05, 0) is 43.6 Å². The van der Waals surface area contributed by atoms with Crippen LogP contribution in [0.3, 0.4) is 0 Å². The molecule has 0 amide bonds. The first-order valence-corrected chi connectivity index (χ1v) is 7.93. The van der Waals surface area contributed by atoms with Gasteiger partial charge in [-0.3, -0.25) is 9.59 Å². The Bertz CT molecular complexity index is 538. The van der Waals surface area contributed by atoms with Crippen LogP contribution < -0.4 is 0 Å². The van der Waals surface area contributed by atoms with Crippen molar-refractivity contribution in [3.8, 4) is 0 Å². The van der Waals surface area contributed by atoms with Gasteiger partial charge in [-0.2, -0.15) is 0 Å². The van der Waals surface area contributed by atoms with E-state index >= 15 is 0 Å². The van der Waals surface area contributed by atoms with Crippen molar-refractivity contribution in [2.75, 3.05) is 0 Å². The molecular formula is C18H24O4. The maximum atomic E-state index is 12.1. The number of rotatable bonds is 7. The van der Waals surface area contributed by atoms with Crippen molar-refractivity contribution in [2.24, 2.45) is 11.8 Å². The van der Waals surface area contributed by atoms with Gasteiger partial charge in [-0.1, -0.05) is 29.8 Å². The first-order chi connectivity index (χ1) is 10.5. The number of aliphatic hydroxyl groups is 1. The number of carbonyl (C=O) groups excluding carboxylic acids is 1. The van der Waals surface area contributed by atoms with Gasteiger partial charge in [0.15, 0.2) is 0 Å². The highest BCUT2D eigenvalue weighted by Gasteiger charge is 2.36. The van der Waals surface area contributed by atoms with E-state index in [-0.39, 0.29) is 24.0 Å². The molecule has 1 aromatic rings. The average molecular weight is 304 g/mol. The molecule has 1 aromatic carbocycles. The molecule has 0 aromatic heterocycles. The summed E-state index contributed by atoms with van der Waals surface area (Å²) in [6.07, 6.45) is 2.50. The molecular weight excluding hydrogens is 280 g/mol. The fourth-order valence-electron chi connectivity index (χ4n) is 3.47. The third kappa shape index (κ3) is 4.67. The van der Waals surface area contributed by atoms with Gasteiger partial charge in [-0.25, -0.2) is 0 Å². The molecule has 1 fully saturated rings. The third-order valence-electron chi connectivity index (χ3n) is 4.62. The Hall–Kier alpha value is -1.68. The van der Waals surface area contributed by atoms with Gasteiger partial charge in [0.1, 0.15) is 5.78 Å². The summed E-state index contributed by atoms with van der Waals surface area (Å²) in [5.74, 6) is -0.750. The number of aliphatic hydroxyl groups excluding tert-OH is 1. The van der Waals surface area contributed by atoms with Gasteiger partial charge in [-0.15, -0.1) is 0 Å². The molecule has 0 aliphatic heterocycles. The van der Waals surface area contributed by atoms with E-state index in [1.807, 2.05) is 31.2 Å². The minimum absolute atomic E-state index is 0.00208. The number of carboxylic acid groups (broad SMARTS) is 1. The van der Waals surface area contributed by atoms with Gasteiger partial charge in [0.2, 0.25) is 0 Å². The predicted octanol–water partition coefficient (Wildman–Crippen LogP) is 2.75. The van der Waals surface area contributed by atoms with Crippen LogP contribution in [0.5, 0.6) is 0 Å². The van der Waals surface area contributed by atoms with E-state index in [0.717, 1.165) is 17.5 Å². The molecule has 1 saturated carbocycles. The van der Waals surface area contributed by atoms with Crippen LogP contribution in [0, 0.1) is 18.8 Å². The van der Waals surface area contributed by atoms with E-state index < -0.39 is 12.1 Å². The zero-order valence-electron chi connectivity index (χ0n) is 13.0. The van der Waals surface area contributed by atoms with Crippen molar-refractivity contribution in [2.45, 2.75) is 51.6 Å². The van der Waals surface area contributed by atoms with Crippen LogP contribution in [0.25, 0.3) is 0 Å². The Kier molecular flexibility index (Phi) is 5.72. The number of carbonyl (C=O) groups is 2. The minimum Gasteiger partial charge on any atom is -0.481 e. The van der Waals surface area contributed by atoms with Crippen LogP contribution in [-0.2, 0) is 16.0 Å². The van der Waals surface area contributed by atoms with Crippen LogP contribution in [0.15, 0.2) is 24.3 Å². The molecule has 1 aliphatic rings. The largest absolute Gasteiger partial charge is 0.481 e. The second-order valence-corrected chi connectivity index (χ2v) is 6.41. The molecule has 2 rings (SSSR count). The average Bonchev–Trinajstić information content (AvgIpc) is 2.77. The molecule has 2 N–H and O–H groups in total. The van der Waals surface area contributed by atoms with Gasteiger partial charge < -0.3 is 10.2 Å². The Balaban J connectivity index is 1.84. The first-order valence-electron chi connectivity index (χ1n) is 7.93. The summed E-state index contributed by atoms with van der Waals surface area (Å²) >= 11 is 0. The first kappa shape index (κ1) is 16.7. The molecule has 4 heteroatoms. The van der Waals surface area contributed by atoms with Crippen molar-refractivity contribution in [3.63, 3.8) is 0 Å². The number of Topliss-reactive ketones (excluding diaryl/α,β-unsaturated/α-hetero) is 1. The molecule has 22 heavy (non-hydrogen) atoms. The van der Waals surface area contributed by atoms with Crippen LogP contribution in [0.2, 0.25) is 0 Å². The Morgan fingerprint density at radius 2 is 2.05 bits per heavy atom. The molecule has 0 saturated heterocycles. The van der Waals surface area contributed by atoms with Crippen molar-refractivity contribution < 1.29 is 19.8 Å². The van der Waals surface area contributed by atoms with Crippen molar-refractivity contribution in [3.05, 3.63) is 35.4 Å². The van der Waals surface area contributed by atoms with E-state index in [4.69, 9.17) is 5.11 Å². The number of aryl methyl sites for hydroxylation is 1. The van der Waals surface area contributed by atoms with Gasteiger partial charge in [0, 0.05) is 12.8 Å². The standard InChI is InChI=1S/C18H24O4/c1-12-3-2-4-13(9-12)10-15(19)7-5-14-6-8-17(20)16(14)11-18(21)22/h2-4,9,14,16-17,20H,5-8,10-11H2,1H3,(H,21,22)/t14-,16+,17-/m1/s1. The Labute approximate surface area is 131 Å². The van der Waals surface area contributed by atoms with Gasteiger partial charge in [0.25, 0.3) is 0 Å². The molecule has 120 valence electrons. The molecule has 0 heterocycles. The lowest BCUT2D eigenvalue weighted by Gasteiger charge is -2.20. The molecule has 0 radical (unpaired) electrons. The normalized spacial score (nSPS) is 24.4. The van der Waals surface area contributed by atoms with Crippen LogP contribution >= 0.6 is 0 Å². The van der Waals surface area contributed by atoms with E-state index in [2.05, 4.69) is 0 Å². The van der Waals surface area contributed by atoms with Crippen molar-refractivity contribution in [1.82, 2.24) is 0 Å². The van der Waals surface area contributed by atoms with E-state index in [1.54, 1.807) is 0 Å². The number of hydrogen-bond donors (Lipinski definition) is 2. The molecule has 0 unspecified atom stereocenters. The van der Waals surface area contributed by atoms with Crippen LogP contribution in [0.4, 0.5) is 0 Å². The summed E-state index contributed by atoms with van der Waals surface area (Å²) in [5.41, 5.74) is 2.17. The highest BCUT2D eigenvalue weighted by Crippen LogP contribution is 2.37. The Morgan fingerprint density at radius 1 is 1.27 bits per heavy atom.